The first-order valence-corrected chi connectivity index (χ1v) is 6.90. The van der Waals surface area contributed by atoms with Crippen molar-refractivity contribution in [2.24, 2.45) is 0 Å². The third-order valence-electron chi connectivity index (χ3n) is 2.15. The van der Waals surface area contributed by atoms with Gasteiger partial charge in [0, 0.05) is 26.0 Å². The van der Waals surface area contributed by atoms with Gasteiger partial charge in [0.25, 0.3) is 5.91 Å². The standard InChI is InChI=1S/C10H13FN2O3S/c1-13(5-6-17(2,15)16)10(14)8-3-4-12-7-9(8)11/h3-4,7H,5-6H2,1-2H3. The van der Waals surface area contributed by atoms with Gasteiger partial charge in [-0.25, -0.2) is 12.8 Å². The number of nitrogens with zero attached hydrogens (tertiary/aromatic N) is 2. The van der Waals surface area contributed by atoms with Crippen molar-refractivity contribution in [3.05, 3.63) is 29.8 Å². The van der Waals surface area contributed by atoms with Crippen LogP contribution in [0.1, 0.15) is 10.4 Å². The molecule has 0 unspecified atom stereocenters. The summed E-state index contributed by atoms with van der Waals surface area (Å²) in [6.07, 6.45) is 3.33. The minimum atomic E-state index is -3.15. The highest BCUT2D eigenvalue weighted by Gasteiger charge is 2.16. The zero-order valence-electron chi connectivity index (χ0n) is 9.55. The molecule has 0 atom stereocenters. The van der Waals surface area contributed by atoms with Crippen LogP contribution in [0.15, 0.2) is 18.5 Å². The fraction of sp³-hybridized carbons (Fsp3) is 0.400. The average Bonchev–Trinajstić information content (AvgIpc) is 2.24. The molecule has 0 radical (unpaired) electrons. The van der Waals surface area contributed by atoms with Crippen LogP contribution in [-0.2, 0) is 9.84 Å². The van der Waals surface area contributed by atoms with Crippen LogP contribution < -0.4 is 0 Å². The number of aromatic nitrogens is 1. The quantitative estimate of drug-likeness (QED) is 0.782. The predicted molar refractivity (Wildman–Crippen MR) is 60.9 cm³/mol. The summed E-state index contributed by atoms with van der Waals surface area (Å²) < 4.78 is 35.1. The fourth-order valence-corrected chi connectivity index (χ4v) is 1.76. The van der Waals surface area contributed by atoms with Crippen LogP contribution in [0.3, 0.4) is 0 Å². The van der Waals surface area contributed by atoms with Crippen LogP contribution in [0.2, 0.25) is 0 Å². The number of pyridine rings is 1. The minimum Gasteiger partial charge on any atom is -0.341 e. The van der Waals surface area contributed by atoms with Crippen molar-refractivity contribution >= 4 is 15.7 Å². The van der Waals surface area contributed by atoms with E-state index in [1.165, 1.54) is 24.2 Å². The van der Waals surface area contributed by atoms with E-state index in [0.29, 0.717) is 0 Å². The summed E-state index contributed by atoms with van der Waals surface area (Å²) in [7, 11) is -1.72. The maximum absolute atomic E-state index is 13.2. The Labute approximate surface area is 99.2 Å². The number of halogens is 1. The molecule has 5 nitrogen and oxygen atoms in total. The SMILES string of the molecule is CN(CCS(C)(=O)=O)C(=O)c1ccncc1F. The number of carbonyl (C=O) groups excluding carboxylic acids is 1. The average molecular weight is 260 g/mol. The molecular formula is C10H13FN2O3S. The van der Waals surface area contributed by atoms with E-state index in [4.69, 9.17) is 0 Å². The molecule has 1 aromatic heterocycles. The number of sulfone groups is 1. The largest absolute Gasteiger partial charge is 0.341 e. The Kier molecular flexibility index (Phi) is 4.17. The van der Waals surface area contributed by atoms with E-state index in [9.17, 15) is 17.6 Å². The van der Waals surface area contributed by atoms with E-state index in [1.54, 1.807) is 0 Å². The van der Waals surface area contributed by atoms with E-state index in [-0.39, 0.29) is 17.9 Å². The number of hydrogen-bond donors (Lipinski definition) is 0. The predicted octanol–water partition coefficient (Wildman–Crippen LogP) is 0.337. The van der Waals surface area contributed by atoms with Crippen molar-refractivity contribution < 1.29 is 17.6 Å². The molecule has 1 amide bonds. The Morgan fingerprint density at radius 3 is 2.71 bits per heavy atom. The van der Waals surface area contributed by atoms with Crippen molar-refractivity contribution in [3.8, 4) is 0 Å². The first kappa shape index (κ1) is 13.6. The first-order chi connectivity index (χ1) is 7.81. The molecule has 0 spiro atoms. The van der Waals surface area contributed by atoms with E-state index in [0.717, 1.165) is 12.5 Å². The van der Waals surface area contributed by atoms with Crippen LogP contribution in [0.5, 0.6) is 0 Å². The maximum atomic E-state index is 13.2. The van der Waals surface area contributed by atoms with Gasteiger partial charge in [0.05, 0.1) is 17.5 Å². The molecule has 0 saturated carbocycles. The molecule has 0 fully saturated rings. The van der Waals surface area contributed by atoms with E-state index >= 15 is 0 Å². The molecule has 17 heavy (non-hydrogen) atoms. The molecule has 0 saturated heterocycles. The van der Waals surface area contributed by atoms with Crippen molar-refractivity contribution in [3.63, 3.8) is 0 Å². The maximum Gasteiger partial charge on any atom is 0.256 e. The Hall–Kier alpha value is -1.50. The lowest BCUT2D eigenvalue weighted by Gasteiger charge is -2.16. The van der Waals surface area contributed by atoms with Gasteiger partial charge in [-0.2, -0.15) is 0 Å². The third-order valence-corrected chi connectivity index (χ3v) is 3.07. The Balaban J connectivity index is 2.74. The molecule has 0 aromatic carbocycles. The lowest BCUT2D eigenvalue weighted by Crippen LogP contribution is -2.32. The molecule has 1 rings (SSSR count). The van der Waals surface area contributed by atoms with Gasteiger partial charge in [-0.1, -0.05) is 0 Å². The fourth-order valence-electron chi connectivity index (χ4n) is 1.16. The molecule has 0 bridgehead atoms. The Morgan fingerprint density at radius 2 is 2.18 bits per heavy atom. The highest BCUT2D eigenvalue weighted by Crippen LogP contribution is 2.07. The molecule has 1 aromatic rings. The van der Waals surface area contributed by atoms with E-state index < -0.39 is 21.6 Å². The van der Waals surface area contributed by atoms with Crippen LogP contribution >= 0.6 is 0 Å². The molecule has 0 aliphatic carbocycles. The van der Waals surface area contributed by atoms with Crippen molar-refractivity contribution in [2.75, 3.05) is 25.6 Å². The lowest BCUT2D eigenvalue weighted by atomic mass is 10.2. The van der Waals surface area contributed by atoms with E-state index in [2.05, 4.69) is 4.98 Å². The van der Waals surface area contributed by atoms with Gasteiger partial charge in [0.2, 0.25) is 0 Å². The van der Waals surface area contributed by atoms with Gasteiger partial charge in [-0.3, -0.25) is 9.78 Å². The molecular weight excluding hydrogens is 247 g/mol. The second kappa shape index (κ2) is 5.22. The lowest BCUT2D eigenvalue weighted by molar-refractivity contribution is 0.0798. The van der Waals surface area contributed by atoms with Crippen LogP contribution in [0.4, 0.5) is 4.39 Å². The molecule has 94 valence electrons. The van der Waals surface area contributed by atoms with Gasteiger partial charge in [-0.15, -0.1) is 0 Å². The zero-order valence-corrected chi connectivity index (χ0v) is 10.4. The first-order valence-electron chi connectivity index (χ1n) is 4.84. The number of hydrogen-bond acceptors (Lipinski definition) is 4. The minimum absolute atomic E-state index is 0.0272. The number of rotatable bonds is 4. The number of amides is 1. The molecule has 7 heteroatoms. The molecule has 0 aliphatic rings. The van der Waals surface area contributed by atoms with E-state index in [1.807, 2.05) is 0 Å². The summed E-state index contributed by atoms with van der Waals surface area (Å²) >= 11 is 0. The summed E-state index contributed by atoms with van der Waals surface area (Å²) in [4.78, 5) is 16.4. The summed E-state index contributed by atoms with van der Waals surface area (Å²) in [6, 6.07) is 1.26. The van der Waals surface area contributed by atoms with Gasteiger partial charge >= 0.3 is 0 Å². The van der Waals surface area contributed by atoms with Crippen molar-refractivity contribution in [1.29, 1.82) is 0 Å². The second-order valence-electron chi connectivity index (χ2n) is 3.71. The molecule has 1 heterocycles. The Bertz CT molecular complexity index is 516. The summed E-state index contributed by atoms with van der Waals surface area (Å²) in [5.41, 5.74) is -0.115. The summed E-state index contributed by atoms with van der Waals surface area (Å²) in [5, 5.41) is 0. The third kappa shape index (κ3) is 4.10. The second-order valence-corrected chi connectivity index (χ2v) is 5.97. The normalized spacial score (nSPS) is 11.2. The smallest absolute Gasteiger partial charge is 0.256 e. The van der Waals surface area contributed by atoms with Crippen LogP contribution in [-0.4, -0.2) is 49.8 Å². The molecule has 0 N–H and O–H groups in total. The topological polar surface area (TPSA) is 67.3 Å². The molecule has 0 aliphatic heterocycles. The Morgan fingerprint density at radius 1 is 1.53 bits per heavy atom. The highest BCUT2D eigenvalue weighted by molar-refractivity contribution is 7.90. The zero-order chi connectivity index (χ0) is 13.1. The summed E-state index contributed by atoms with van der Waals surface area (Å²) in [5.74, 6) is -1.43. The van der Waals surface area contributed by atoms with Crippen molar-refractivity contribution in [2.45, 2.75) is 0 Å². The monoisotopic (exact) mass is 260 g/mol. The van der Waals surface area contributed by atoms with Crippen LogP contribution in [0.25, 0.3) is 0 Å². The van der Waals surface area contributed by atoms with Gasteiger partial charge in [0.15, 0.2) is 5.82 Å². The summed E-state index contributed by atoms with van der Waals surface area (Å²) in [6.45, 7) is 0.0272. The van der Waals surface area contributed by atoms with Gasteiger partial charge in [0.1, 0.15) is 9.84 Å². The highest BCUT2D eigenvalue weighted by atomic mass is 32.2. The van der Waals surface area contributed by atoms with Gasteiger partial charge in [-0.05, 0) is 6.07 Å². The number of carbonyl (C=O) groups is 1. The van der Waals surface area contributed by atoms with Crippen LogP contribution in [0, 0.1) is 5.82 Å². The van der Waals surface area contributed by atoms with Crippen molar-refractivity contribution in [1.82, 2.24) is 9.88 Å². The van der Waals surface area contributed by atoms with Gasteiger partial charge < -0.3 is 4.90 Å².